The fourth-order valence-electron chi connectivity index (χ4n) is 3.78. The molecular weight excluding hydrogens is 466 g/mol. The van der Waals surface area contributed by atoms with Crippen LogP contribution in [0.25, 0.3) is 0 Å². The lowest BCUT2D eigenvalue weighted by Crippen LogP contribution is -2.53. The van der Waals surface area contributed by atoms with Crippen LogP contribution in [-0.2, 0) is 20.2 Å². The fourth-order valence-corrected chi connectivity index (χ4v) is 5.51. The van der Waals surface area contributed by atoms with Gasteiger partial charge in [-0.2, -0.15) is 4.31 Å². The topological polar surface area (TPSA) is 57.7 Å². The molecule has 0 radical (unpaired) electrons. The van der Waals surface area contributed by atoms with E-state index < -0.39 is 32.0 Å². The highest BCUT2D eigenvalue weighted by atomic mass is 79.9. The van der Waals surface area contributed by atoms with E-state index in [4.69, 9.17) is 0 Å². The molecule has 1 aliphatic heterocycles. The molecule has 29 heavy (non-hydrogen) atoms. The van der Waals surface area contributed by atoms with Crippen molar-refractivity contribution in [3.63, 3.8) is 0 Å². The van der Waals surface area contributed by atoms with Crippen LogP contribution in [0.15, 0.2) is 51.8 Å². The van der Waals surface area contributed by atoms with Gasteiger partial charge < -0.3 is 4.90 Å². The highest BCUT2D eigenvalue weighted by Gasteiger charge is 2.53. The number of hydrogen-bond acceptors (Lipinski definition) is 3. The number of piperazine rings is 1. The molecular formula is C20H19BrF2N2O3S. The van der Waals surface area contributed by atoms with Gasteiger partial charge in [0.25, 0.3) is 0 Å². The van der Waals surface area contributed by atoms with Crippen LogP contribution in [0.4, 0.5) is 8.78 Å². The predicted molar refractivity (Wildman–Crippen MR) is 107 cm³/mol. The Morgan fingerprint density at radius 3 is 2.14 bits per heavy atom. The normalized spacial score (nSPS) is 19.2. The number of hydrogen-bond donors (Lipinski definition) is 0. The number of benzene rings is 2. The molecule has 0 atom stereocenters. The summed E-state index contributed by atoms with van der Waals surface area (Å²) >= 11 is 3.39. The standard InChI is InChI=1S/C20H19BrF2N2O3S/c21-15-3-1-14(2-4-15)20(7-8-20)19(26)24-9-11-25(12-10-24)29(27,28)18-6-5-16(22)13-17(18)23/h1-6,13H,7-12H2. The molecule has 154 valence electrons. The largest absolute Gasteiger partial charge is 0.339 e. The van der Waals surface area contributed by atoms with Gasteiger partial charge in [-0.3, -0.25) is 4.79 Å². The van der Waals surface area contributed by atoms with Gasteiger partial charge in [-0.25, -0.2) is 17.2 Å². The van der Waals surface area contributed by atoms with E-state index in [2.05, 4.69) is 15.9 Å². The van der Waals surface area contributed by atoms with Crippen molar-refractivity contribution in [2.45, 2.75) is 23.2 Å². The molecule has 1 saturated carbocycles. The summed E-state index contributed by atoms with van der Waals surface area (Å²) in [6.07, 6.45) is 1.54. The Bertz CT molecular complexity index is 1050. The predicted octanol–water partition coefficient (Wildman–Crippen LogP) is 3.29. The van der Waals surface area contributed by atoms with Crippen molar-refractivity contribution in [1.82, 2.24) is 9.21 Å². The second-order valence-corrected chi connectivity index (χ2v) is 10.2. The van der Waals surface area contributed by atoms with Crippen molar-refractivity contribution >= 4 is 31.9 Å². The molecule has 0 N–H and O–H groups in total. The van der Waals surface area contributed by atoms with E-state index in [1.807, 2.05) is 24.3 Å². The van der Waals surface area contributed by atoms with E-state index in [0.29, 0.717) is 6.07 Å². The van der Waals surface area contributed by atoms with Gasteiger partial charge in [-0.1, -0.05) is 28.1 Å². The van der Waals surface area contributed by atoms with Crippen LogP contribution in [0, 0.1) is 11.6 Å². The Balaban J connectivity index is 1.47. The van der Waals surface area contributed by atoms with Crippen LogP contribution in [0.5, 0.6) is 0 Å². The van der Waals surface area contributed by atoms with Crippen LogP contribution in [0.1, 0.15) is 18.4 Å². The maximum atomic E-state index is 14.0. The zero-order valence-electron chi connectivity index (χ0n) is 15.4. The SMILES string of the molecule is O=C(N1CCN(S(=O)(=O)c2ccc(F)cc2F)CC1)C1(c2ccc(Br)cc2)CC1. The molecule has 2 aromatic rings. The van der Waals surface area contributed by atoms with Crippen molar-refractivity contribution in [2.75, 3.05) is 26.2 Å². The lowest BCUT2D eigenvalue weighted by molar-refractivity contribution is -0.135. The molecule has 1 aliphatic carbocycles. The van der Waals surface area contributed by atoms with Crippen molar-refractivity contribution in [3.05, 3.63) is 64.1 Å². The van der Waals surface area contributed by atoms with E-state index in [0.717, 1.165) is 39.3 Å². The maximum Gasteiger partial charge on any atom is 0.246 e. The van der Waals surface area contributed by atoms with E-state index in [9.17, 15) is 22.0 Å². The Labute approximate surface area is 176 Å². The molecule has 9 heteroatoms. The van der Waals surface area contributed by atoms with Crippen LogP contribution in [0.2, 0.25) is 0 Å². The van der Waals surface area contributed by atoms with Gasteiger partial charge in [0.05, 0.1) is 5.41 Å². The monoisotopic (exact) mass is 484 g/mol. The molecule has 2 fully saturated rings. The zero-order valence-corrected chi connectivity index (χ0v) is 17.8. The van der Waals surface area contributed by atoms with Crippen molar-refractivity contribution in [1.29, 1.82) is 0 Å². The summed E-state index contributed by atoms with van der Waals surface area (Å²) in [5.41, 5.74) is 0.444. The van der Waals surface area contributed by atoms with Gasteiger partial charge in [0.15, 0.2) is 0 Å². The lowest BCUT2D eigenvalue weighted by Gasteiger charge is -2.36. The maximum absolute atomic E-state index is 14.0. The molecule has 5 nitrogen and oxygen atoms in total. The van der Waals surface area contributed by atoms with Crippen molar-refractivity contribution in [3.8, 4) is 0 Å². The number of sulfonamides is 1. The first-order valence-corrected chi connectivity index (χ1v) is 11.5. The van der Waals surface area contributed by atoms with Crippen LogP contribution >= 0.6 is 15.9 Å². The third kappa shape index (κ3) is 3.71. The Kier molecular flexibility index (Phi) is 5.25. The number of halogens is 3. The molecule has 0 spiro atoms. The van der Waals surface area contributed by atoms with Gasteiger partial charge in [-0.15, -0.1) is 0 Å². The Morgan fingerprint density at radius 1 is 0.966 bits per heavy atom. The summed E-state index contributed by atoms with van der Waals surface area (Å²) in [6.45, 7) is 0.612. The summed E-state index contributed by atoms with van der Waals surface area (Å²) in [5.74, 6) is -1.94. The van der Waals surface area contributed by atoms with Gasteiger partial charge in [0, 0.05) is 36.7 Å². The Hall–Kier alpha value is -1.84. The molecule has 4 rings (SSSR count). The van der Waals surface area contributed by atoms with E-state index in [1.54, 1.807) is 4.90 Å². The molecule has 1 amide bonds. The second-order valence-electron chi connectivity index (χ2n) is 7.36. The third-order valence-electron chi connectivity index (χ3n) is 5.59. The van der Waals surface area contributed by atoms with Crippen LogP contribution < -0.4 is 0 Å². The minimum absolute atomic E-state index is 0.00448. The van der Waals surface area contributed by atoms with Gasteiger partial charge in [-0.05, 0) is 42.7 Å². The van der Waals surface area contributed by atoms with E-state index >= 15 is 0 Å². The summed E-state index contributed by atoms with van der Waals surface area (Å²) in [4.78, 5) is 14.3. The quantitative estimate of drug-likeness (QED) is 0.668. The van der Waals surface area contributed by atoms with Gasteiger partial charge in [0.2, 0.25) is 15.9 Å². The molecule has 2 aromatic carbocycles. The van der Waals surface area contributed by atoms with E-state index in [-0.39, 0.29) is 32.1 Å². The van der Waals surface area contributed by atoms with Crippen LogP contribution in [-0.4, -0.2) is 49.7 Å². The van der Waals surface area contributed by atoms with E-state index in [1.165, 1.54) is 0 Å². The summed E-state index contributed by atoms with van der Waals surface area (Å²) in [5, 5.41) is 0. The number of amides is 1. The summed E-state index contributed by atoms with van der Waals surface area (Å²) < 4.78 is 54.6. The first-order chi connectivity index (χ1) is 13.7. The first-order valence-electron chi connectivity index (χ1n) is 9.25. The number of carbonyl (C=O) groups is 1. The van der Waals surface area contributed by atoms with Gasteiger partial charge >= 0.3 is 0 Å². The molecule has 0 bridgehead atoms. The minimum atomic E-state index is -4.09. The first kappa shape index (κ1) is 20.4. The molecule has 0 unspecified atom stereocenters. The zero-order chi connectivity index (χ0) is 20.8. The third-order valence-corrected chi connectivity index (χ3v) is 8.05. The smallest absolute Gasteiger partial charge is 0.246 e. The number of nitrogens with zero attached hydrogens (tertiary/aromatic N) is 2. The van der Waals surface area contributed by atoms with Crippen molar-refractivity contribution in [2.24, 2.45) is 0 Å². The number of rotatable bonds is 4. The molecule has 1 heterocycles. The van der Waals surface area contributed by atoms with Gasteiger partial charge in [0.1, 0.15) is 16.5 Å². The van der Waals surface area contributed by atoms with Crippen molar-refractivity contribution < 1.29 is 22.0 Å². The fraction of sp³-hybridized carbons (Fsp3) is 0.350. The molecule has 2 aliphatic rings. The average Bonchev–Trinajstić information content (AvgIpc) is 3.50. The number of carbonyl (C=O) groups excluding carboxylic acids is 1. The lowest BCUT2D eigenvalue weighted by atomic mass is 9.94. The summed E-state index contributed by atoms with van der Waals surface area (Å²) in [7, 11) is -4.09. The second kappa shape index (κ2) is 7.45. The Morgan fingerprint density at radius 2 is 1.59 bits per heavy atom. The average molecular weight is 485 g/mol. The summed E-state index contributed by atoms with van der Waals surface area (Å²) in [6, 6.07) is 10.1. The molecule has 0 aromatic heterocycles. The highest BCUT2D eigenvalue weighted by molar-refractivity contribution is 9.10. The molecule has 1 saturated heterocycles. The van der Waals surface area contributed by atoms with Crippen LogP contribution in [0.3, 0.4) is 0 Å². The minimum Gasteiger partial charge on any atom is -0.339 e. The highest BCUT2D eigenvalue weighted by Crippen LogP contribution is 2.50.